The van der Waals surface area contributed by atoms with E-state index in [0.717, 1.165) is 0 Å². The van der Waals surface area contributed by atoms with E-state index in [-0.39, 0.29) is 0 Å². The van der Waals surface area contributed by atoms with E-state index in [9.17, 15) is 0 Å². The molecule has 1 aromatic carbocycles. The molecule has 10 heavy (non-hydrogen) atoms. The van der Waals surface area contributed by atoms with E-state index in [4.69, 9.17) is 0 Å². The molecule has 0 saturated heterocycles. The van der Waals surface area contributed by atoms with Gasteiger partial charge in [-0.15, -0.1) is 0 Å². The van der Waals surface area contributed by atoms with Crippen LogP contribution in [0.3, 0.4) is 0 Å². The van der Waals surface area contributed by atoms with Crippen LogP contribution in [-0.2, 0) is 0 Å². The van der Waals surface area contributed by atoms with Gasteiger partial charge in [0.05, 0.1) is 0 Å². The van der Waals surface area contributed by atoms with Crippen molar-refractivity contribution in [2.75, 3.05) is 0 Å². The van der Waals surface area contributed by atoms with Crippen molar-refractivity contribution < 1.29 is 0 Å². The maximum atomic E-state index is 2.81. The first kappa shape index (κ1) is 6.22. The van der Waals surface area contributed by atoms with Crippen LogP contribution in [0.1, 0.15) is 15.9 Å². The Balaban J connectivity index is 2.59. The molecule has 2 rings (SSSR count). The van der Waals surface area contributed by atoms with Crippen molar-refractivity contribution >= 4 is 22.4 Å². The molecule has 1 aliphatic rings. The van der Waals surface area contributed by atoms with Crippen LogP contribution in [0.25, 0.3) is 6.08 Å². The fourth-order valence-corrected chi connectivity index (χ4v) is 1.69. The van der Waals surface area contributed by atoms with Crippen molar-refractivity contribution in [2.45, 2.75) is 4.78 Å². The van der Waals surface area contributed by atoms with Crippen LogP contribution >= 0.6 is 0 Å². The van der Waals surface area contributed by atoms with E-state index in [2.05, 4.69) is 52.7 Å². The first-order valence-corrected chi connectivity index (χ1v) is 4.07. The summed E-state index contributed by atoms with van der Waals surface area (Å²) in [5.41, 5.74) is 2.79. The zero-order chi connectivity index (χ0) is 6.97. The normalized spacial score (nSPS) is 21.2. The predicted octanol–water partition coefficient (Wildman–Crippen LogP) is 1.92. The Morgan fingerprint density at radius 1 is 1.20 bits per heavy atom. The van der Waals surface area contributed by atoms with Crippen molar-refractivity contribution in [3.8, 4) is 0 Å². The fraction of sp³-hybridized carbons (Fsp3) is 0.111. The number of rotatable bonds is 0. The molecule has 0 saturated carbocycles. The predicted molar refractivity (Wildman–Crippen MR) is 44.0 cm³/mol. The molecule has 0 amide bonds. The Morgan fingerprint density at radius 2 is 2.00 bits per heavy atom. The van der Waals surface area contributed by atoms with Gasteiger partial charge in [-0.05, 0) is 0 Å². The van der Waals surface area contributed by atoms with Crippen molar-refractivity contribution in [1.82, 2.24) is 0 Å². The summed E-state index contributed by atoms with van der Waals surface area (Å²) in [6, 6.07) is 8.48. The van der Waals surface area contributed by atoms with Crippen molar-refractivity contribution in [1.29, 1.82) is 0 Å². The maximum absolute atomic E-state index is 2.81. The van der Waals surface area contributed by atoms with E-state index in [1.165, 1.54) is 11.1 Å². The van der Waals surface area contributed by atoms with Gasteiger partial charge in [0.1, 0.15) is 0 Å². The van der Waals surface area contributed by atoms with Gasteiger partial charge < -0.3 is 0 Å². The summed E-state index contributed by atoms with van der Waals surface area (Å²) in [4.78, 5) is 0. The van der Waals surface area contributed by atoms with Crippen LogP contribution < -0.4 is 0 Å². The van der Waals surface area contributed by atoms with Crippen molar-refractivity contribution in [2.24, 2.45) is 0 Å². The van der Waals surface area contributed by atoms with Crippen LogP contribution in [0.2, 0.25) is 0 Å². The standard InChI is InChI=1S/C9H7.Al/c1-2-5-9-7-3-6-8(9)4-1;/h1-7H;/q;+2. The van der Waals surface area contributed by atoms with Gasteiger partial charge in [0.2, 0.25) is 0 Å². The van der Waals surface area contributed by atoms with Gasteiger partial charge in [0.25, 0.3) is 0 Å². The van der Waals surface area contributed by atoms with Crippen LogP contribution in [0.5, 0.6) is 0 Å². The summed E-state index contributed by atoms with van der Waals surface area (Å²) >= 11 is 2.81. The molecule has 0 radical (unpaired) electrons. The van der Waals surface area contributed by atoms with E-state index in [0.29, 0.717) is 4.78 Å². The minimum atomic E-state index is 0.538. The number of benzene rings is 1. The number of hydrogen-bond acceptors (Lipinski definition) is 0. The second-order valence-corrected chi connectivity index (χ2v) is 3.23. The molecule has 0 N–H and O–H groups in total. The monoisotopic (exact) mass is 142 g/mol. The quantitative estimate of drug-likeness (QED) is 0.485. The molecular weight excluding hydrogens is 135 g/mol. The zero-order valence-electron chi connectivity index (χ0n) is 5.62. The number of allylic oxidation sites excluding steroid dienone is 1. The van der Waals surface area contributed by atoms with Gasteiger partial charge in [0.15, 0.2) is 0 Å². The fourth-order valence-electron chi connectivity index (χ4n) is 1.28. The van der Waals surface area contributed by atoms with Gasteiger partial charge in [-0.25, -0.2) is 0 Å². The average molecular weight is 142 g/mol. The van der Waals surface area contributed by atoms with Gasteiger partial charge in [-0.2, -0.15) is 0 Å². The Hall–Kier alpha value is -0.508. The third-order valence-electron chi connectivity index (χ3n) is 1.84. The molecule has 1 aliphatic carbocycles. The molecule has 0 aromatic heterocycles. The molecule has 0 spiro atoms. The first-order valence-electron chi connectivity index (χ1n) is 3.40. The molecular formula is C9H7Al+2. The topological polar surface area (TPSA) is 0 Å². The van der Waals surface area contributed by atoms with Gasteiger partial charge >= 0.3 is 68.6 Å². The second-order valence-electron chi connectivity index (χ2n) is 2.51. The first-order chi connectivity index (χ1) is 4.88. The summed E-state index contributed by atoms with van der Waals surface area (Å²) < 4.78 is 0.538. The Bertz CT molecular complexity index is 276. The Morgan fingerprint density at radius 3 is 2.80 bits per heavy atom. The third-order valence-corrected chi connectivity index (χ3v) is 2.42. The summed E-state index contributed by atoms with van der Waals surface area (Å²) in [6.45, 7) is 0. The molecule has 1 atom stereocenters. The Kier molecular flexibility index (Phi) is 1.41. The van der Waals surface area contributed by atoms with Gasteiger partial charge in [0, 0.05) is 0 Å². The molecule has 1 heteroatoms. The molecule has 1 aromatic rings. The number of hydrogen-bond donors (Lipinski definition) is 0. The van der Waals surface area contributed by atoms with Crippen molar-refractivity contribution in [3.63, 3.8) is 0 Å². The average Bonchev–Trinajstić information content (AvgIpc) is 2.34. The van der Waals surface area contributed by atoms with Gasteiger partial charge in [-0.3, -0.25) is 0 Å². The van der Waals surface area contributed by atoms with Gasteiger partial charge in [-0.1, -0.05) is 0 Å². The van der Waals surface area contributed by atoms with E-state index in [1.54, 1.807) is 0 Å². The molecule has 0 nitrogen and oxygen atoms in total. The number of fused-ring (bicyclic) bond motifs is 1. The van der Waals surface area contributed by atoms with Crippen LogP contribution in [0, 0.1) is 0 Å². The minimum absolute atomic E-state index is 0.538. The summed E-state index contributed by atoms with van der Waals surface area (Å²) in [6.07, 6.45) is 4.38. The summed E-state index contributed by atoms with van der Waals surface area (Å²) in [5, 5.41) is 0. The van der Waals surface area contributed by atoms with Crippen LogP contribution in [-0.4, -0.2) is 16.3 Å². The zero-order valence-corrected chi connectivity index (χ0v) is 6.77. The van der Waals surface area contributed by atoms with Crippen molar-refractivity contribution in [3.05, 3.63) is 41.5 Å². The van der Waals surface area contributed by atoms with E-state index < -0.39 is 0 Å². The SMILES string of the molecule is [Al+2][CH]1C=Cc2ccccc21. The molecule has 0 heterocycles. The Labute approximate surface area is 69.0 Å². The van der Waals surface area contributed by atoms with E-state index in [1.807, 2.05) is 0 Å². The molecule has 1 unspecified atom stereocenters. The van der Waals surface area contributed by atoms with Crippen LogP contribution in [0.15, 0.2) is 30.3 Å². The molecule has 0 bridgehead atoms. The second kappa shape index (κ2) is 2.27. The molecule has 0 aliphatic heterocycles. The molecule has 0 fully saturated rings. The summed E-state index contributed by atoms with van der Waals surface area (Å²) in [5.74, 6) is 0. The third kappa shape index (κ3) is 0.831. The van der Waals surface area contributed by atoms with Crippen LogP contribution in [0.4, 0.5) is 0 Å². The summed E-state index contributed by atoms with van der Waals surface area (Å²) in [7, 11) is 0. The van der Waals surface area contributed by atoms with E-state index >= 15 is 0 Å². The molecule has 44 valence electrons.